The topological polar surface area (TPSA) is 60.9 Å². The molecule has 114 valence electrons. The predicted molar refractivity (Wildman–Crippen MR) is 76.0 cm³/mol. The number of hydrogen-bond acceptors (Lipinski definition) is 3. The minimum atomic E-state index is 0.00291. The van der Waals surface area contributed by atoms with Crippen LogP contribution in [0.25, 0.3) is 0 Å². The van der Waals surface area contributed by atoms with Crippen LogP contribution in [0.3, 0.4) is 0 Å². The molecule has 2 fully saturated rings. The molecule has 1 saturated carbocycles. The number of rotatable bonds is 5. The lowest BCUT2D eigenvalue weighted by molar-refractivity contribution is -0.142. The van der Waals surface area contributed by atoms with E-state index in [-0.39, 0.29) is 36.3 Å². The zero-order valence-corrected chi connectivity index (χ0v) is 12.5. The van der Waals surface area contributed by atoms with Gasteiger partial charge in [0.25, 0.3) is 0 Å². The maximum absolute atomic E-state index is 12.5. The maximum atomic E-state index is 12.5. The van der Waals surface area contributed by atoms with Gasteiger partial charge in [-0.2, -0.15) is 0 Å². The van der Waals surface area contributed by atoms with Crippen LogP contribution in [0.15, 0.2) is 0 Å². The van der Waals surface area contributed by atoms with Crippen molar-refractivity contribution in [3.8, 4) is 0 Å². The Morgan fingerprint density at radius 1 is 1.15 bits per heavy atom. The minimum Gasteiger partial charge on any atom is -0.395 e. The second kappa shape index (κ2) is 6.57. The monoisotopic (exact) mass is 282 g/mol. The van der Waals surface area contributed by atoms with Crippen molar-refractivity contribution in [1.82, 2.24) is 9.80 Å². The Morgan fingerprint density at radius 2 is 1.75 bits per heavy atom. The van der Waals surface area contributed by atoms with Gasteiger partial charge in [-0.15, -0.1) is 0 Å². The second-order valence-electron chi connectivity index (χ2n) is 6.22. The zero-order valence-electron chi connectivity index (χ0n) is 12.5. The van der Waals surface area contributed by atoms with E-state index >= 15 is 0 Å². The van der Waals surface area contributed by atoms with Gasteiger partial charge in [-0.3, -0.25) is 9.59 Å². The number of hydrogen-bond donors (Lipinski definition) is 1. The molecule has 2 rings (SSSR count). The molecule has 0 aromatic heterocycles. The van der Waals surface area contributed by atoms with Gasteiger partial charge in [0.05, 0.1) is 6.61 Å². The van der Waals surface area contributed by atoms with Crippen molar-refractivity contribution >= 4 is 11.8 Å². The van der Waals surface area contributed by atoms with Crippen LogP contribution in [0.1, 0.15) is 39.5 Å². The molecular weight excluding hydrogens is 256 g/mol. The van der Waals surface area contributed by atoms with Crippen molar-refractivity contribution in [1.29, 1.82) is 0 Å². The van der Waals surface area contributed by atoms with Crippen LogP contribution in [0, 0.1) is 11.8 Å². The quantitative estimate of drug-likeness (QED) is 0.814. The molecule has 1 heterocycles. The van der Waals surface area contributed by atoms with Gasteiger partial charge in [-0.05, 0) is 39.5 Å². The molecule has 0 atom stereocenters. The molecule has 2 aliphatic rings. The fourth-order valence-corrected chi connectivity index (χ4v) is 2.90. The molecule has 0 aromatic rings. The highest BCUT2D eigenvalue weighted by Crippen LogP contribution is 2.32. The summed E-state index contributed by atoms with van der Waals surface area (Å²) < 4.78 is 0. The molecule has 0 bridgehead atoms. The summed E-state index contributed by atoms with van der Waals surface area (Å²) in [6.07, 6.45) is 3.59. The van der Waals surface area contributed by atoms with Gasteiger partial charge in [-0.1, -0.05) is 0 Å². The van der Waals surface area contributed by atoms with Gasteiger partial charge in [0.1, 0.15) is 0 Å². The fraction of sp³-hybridized carbons (Fsp3) is 0.867. The van der Waals surface area contributed by atoms with Crippen molar-refractivity contribution in [2.24, 2.45) is 11.8 Å². The molecule has 0 aromatic carbocycles. The minimum absolute atomic E-state index is 0.00291. The third-order valence-corrected chi connectivity index (χ3v) is 4.33. The molecule has 1 aliphatic carbocycles. The summed E-state index contributed by atoms with van der Waals surface area (Å²) in [4.78, 5) is 28.1. The molecule has 0 radical (unpaired) electrons. The van der Waals surface area contributed by atoms with Gasteiger partial charge in [0.15, 0.2) is 0 Å². The highest BCUT2D eigenvalue weighted by atomic mass is 16.3. The highest BCUT2D eigenvalue weighted by molar-refractivity contribution is 5.82. The summed E-state index contributed by atoms with van der Waals surface area (Å²) in [6, 6.07) is 0.112. The summed E-state index contributed by atoms with van der Waals surface area (Å²) in [6.45, 7) is 5.76. The first kappa shape index (κ1) is 15.3. The Labute approximate surface area is 120 Å². The molecule has 5 heteroatoms. The van der Waals surface area contributed by atoms with E-state index in [1.54, 1.807) is 4.90 Å². The zero-order chi connectivity index (χ0) is 14.7. The third-order valence-electron chi connectivity index (χ3n) is 4.33. The molecular formula is C15H26N2O3. The SMILES string of the molecule is CC(C)N(CCO)C(=O)C1CCN(C(=O)C2CC2)CC1. The largest absolute Gasteiger partial charge is 0.395 e. The van der Waals surface area contributed by atoms with Gasteiger partial charge < -0.3 is 14.9 Å². The predicted octanol–water partition coefficient (Wildman–Crippen LogP) is 0.864. The number of likely N-dealkylation sites (tertiary alicyclic amines) is 1. The lowest BCUT2D eigenvalue weighted by Gasteiger charge is -2.35. The summed E-state index contributed by atoms with van der Waals surface area (Å²) in [5, 5.41) is 9.07. The van der Waals surface area contributed by atoms with Gasteiger partial charge >= 0.3 is 0 Å². The van der Waals surface area contributed by atoms with E-state index in [0.717, 1.165) is 25.7 Å². The Hall–Kier alpha value is -1.10. The Balaban J connectivity index is 1.85. The number of carbonyl (C=O) groups excluding carboxylic acids is 2. The molecule has 0 spiro atoms. The van der Waals surface area contributed by atoms with Crippen LogP contribution < -0.4 is 0 Å². The summed E-state index contributed by atoms with van der Waals surface area (Å²) in [5.41, 5.74) is 0. The standard InChI is InChI=1S/C15H26N2O3/c1-11(2)17(9-10-18)15(20)13-5-7-16(8-6-13)14(19)12-3-4-12/h11-13,18H,3-10H2,1-2H3. The number of aliphatic hydroxyl groups excluding tert-OH is 1. The van der Waals surface area contributed by atoms with E-state index < -0.39 is 0 Å². The highest BCUT2D eigenvalue weighted by Gasteiger charge is 2.36. The number of piperidine rings is 1. The second-order valence-corrected chi connectivity index (χ2v) is 6.22. The van der Waals surface area contributed by atoms with Gasteiger partial charge in [0, 0.05) is 37.5 Å². The van der Waals surface area contributed by atoms with Crippen LogP contribution in [0.4, 0.5) is 0 Å². The molecule has 2 amide bonds. The average molecular weight is 282 g/mol. The van der Waals surface area contributed by atoms with Crippen molar-refractivity contribution in [2.75, 3.05) is 26.2 Å². The fourth-order valence-electron chi connectivity index (χ4n) is 2.90. The lowest BCUT2D eigenvalue weighted by atomic mass is 9.94. The van der Waals surface area contributed by atoms with Crippen LogP contribution in [0.5, 0.6) is 0 Å². The number of carbonyl (C=O) groups is 2. The Bertz CT molecular complexity index is 358. The van der Waals surface area contributed by atoms with E-state index in [2.05, 4.69) is 0 Å². The van der Waals surface area contributed by atoms with E-state index in [1.807, 2.05) is 18.7 Å². The maximum Gasteiger partial charge on any atom is 0.226 e. The van der Waals surface area contributed by atoms with Crippen LogP contribution >= 0.6 is 0 Å². The van der Waals surface area contributed by atoms with Crippen molar-refractivity contribution in [3.63, 3.8) is 0 Å². The molecule has 20 heavy (non-hydrogen) atoms. The first-order valence-electron chi connectivity index (χ1n) is 7.74. The number of aliphatic hydroxyl groups is 1. The van der Waals surface area contributed by atoms with E-state index in [4.69, 9.17) is 5.11 Å². The first-order valence-corrected chi connectivity index (χ1v) is 7.74. The van der Waals surface area contributed by atoms with Gasteiger partial charge in [0.2, 0.25) is 11.8 Å². The van der Waals surface area contributed by atoms with E-state index in [1.165, 1.54) is 0 Å². The Morgan fingerprint density at radius 3 is 2.20 bits per heavy atom. The van der Waals surface area contributed by atoms with Crippen molar-refractivity contribution in [2.45, 2.75) is 45.6 Å². The summed E-state index contributed by atoms with van der Waals surface area (Å²) in [7, 11) is 0. The van der Waals surface area contributed by atoms with Gasteiger partial charge in [-0.25, -0.2) is 0 Å². The molecule has 5 nitrogen and oxygen atoms in total. The van der Waals surface area contributed by atoms with E-state index in [9.17, 15) is 9.59 Å². The molecule has 1 N–H and O–H groups in total. The number of nitrogens with zero attached hydrogens (tertiary/aromatic N) is 2. The molecule has 1 aliphatic heterocycles. The van der Waals surface area contributed by atoms with Crippen LogP contribution in [-0.4, -0.2) is 59.0 Å². The van der Waals surface area contributed by atoms with Crippen molar-refractivity contribution < 1.29 is 14.7 Å². The first-order chi connectivity index (χ1) is 9.54. The summed E-state index contributed by atoms with van der Waals surface area (Å²) >= 11 is 0. The number of amides is 2. The third kappa shape index (κ3) is 3.51. The normalized spacial score (nSPS) is 20.3. The van der Waals surface area contributed by atoms with Crippen molar-refractivity contribution in [3.05, 3.63) is 0 Å². The van der Waals surface area contributed by atoms with Crippen LogP contribution in [0.2, 0.25) is 0 Å². The van der Waals surface area contributed by atoms with E-state index in [0.29, 0.717) is 19.6 Å². The average Bonchev–Trinajstić information content (AvgIpc) is 3.27. The molecule has 0 unspecified atom stereocenters. The Kier molecular flexibility index (Phi) is 5.02. The van der Waals surface area contributed by atoms with Crippen LogP contribution in [-0.2, 0) is 9.59 Å². The molecule has 1 saturated heterocycles. The lowest BCUT2D eigenvalue weighted by Crippen LogP contribution is -2.47. The smallest absolute Gasteiger partial charge is 0.226 e. The summed E-state index contributed by atoms with van der Waals surface area (Å²) in [5.74, 6) is 0.690.